The summed E-state index contributed by atoms with van der Waals surface area (Å²) in [4.78, 5) is 12.3. The molecule has 4 nitrogen and oxygen atoms in total. The minimum Gasteiger partial charge on any atom is -0.394 e. The van der Waals surface area contributed by atoms with E-state index in [-0.39, 0.29) is 6.61 Å². The van der Waals surface area contributed by atoms with Crippen LogP contribution in [0.25, 0.3) is 0 Å². The quantitative estimate of drug-likeness (QED) is 0.672. The number of nitrogens with one attached hydrogen (secondary N) is 2. The third-order valence-electron chi connectivity index (χ3n) is 3.39. The van der Waals surface area contributed by atoms with Gasteiger partial charge in [0.15, 0.2) is 0 Å². The van der Waals surface area contributed by atoms with Crippen molar-refractivity contribution >= 4 is 23.5 Å². The van der Waals surface area contributed by atoms with E-state index in [1.54, 1.807) is 18.2 Å². The SMILES string of the molecule is CCC(CC)(CO)NC(=O)Nc1ccccc1SC(F)F. The summed E-state index contributed by atoms with van der Waals surface area (Å²) in [5.41, 5.74) is -0.381. The van der Waals surface area contributed by atoms with Gasteiger partial charge in [-0.25, -0.2) is 4.79 Å². The molecule has 21 heavy (non-hydrogen) atoms. The van der Waals surface area contributed by atoms with Crippen molar-refractivity contribution in [1.29, 1.82) is 0 Å². The Bertz CT molecular complexity index is 460. The van der Waals surface area contributed by atoms with Gasteiger partial charge in [0.1, 0.15) is 0 Å². The van der Waals surface area contributed by atoms with E-state index in [9.17, 15) is 18.7 Å². The second-order valence-corrected chi connectivity index (χ2v) is 5.63. The lowest BCUT2D eigenvalue weighted by atomic mass is 9.94. The first-order chi connectivity index (χ1) is 9.96. The number of carbonyl (C=O) groups excluding carboxylic acids is 1. The topological polar surface area (TPSA) is 61.4 Å². The fourth-order valence-corrected chi connectivity index (χ4v) is 2.45. The molecular weight excluding hydrogens is 298 g/mol. The van der Waals surface area contributed by atoms with Gasteiger partial charge in [-0.15, -0.1) is 0 Å². The Kier molecular flexibility index (Phi) is 6.91. The fourth-order valence-electron chi connectivity index (χ4n) is 1.85. The summed E-state index contributed by atoms with van der Waals surface area (Å²) in [6.07, 6.45) is 1.14. The van der Waals surface area contributed by atoms with Crippen LogP contribution in [0.15, 0.2) is 29.2 Å². The van der Waals surface area contributed by atoms with Crippen molar-refractivity contribution < 1.29 is 18.7 Å². The molecule has 1 aromatic rings. The Balaban J connectivity index is 2.79. The summed E-state index contributed by atoms with van der Waals surface area (Å²) in [5.74, 6) is -2.56. The molecule has 0 fully saturated rings. The van der Waals surface area contributed by atoms with Gasteiger partial charge in [-0.2, -0.15) is 8.78 Å². The average molecular weight is 318 g/mol. The second kappa shape index (κ2) is 8.19. The molecule has 0 spiro atoms. The van der Waals surface area contributed by atoms with Gasteiger partial charge >= 0.3 is 6.03 Å². The highest BCUT2D eigenvalue weighted by atomic mass is 32.2. The van der Waals surface area contributed by atoms with Gasteiger partial charge in [0.25, 0.3) is 5.76 Å². The molecule has 7 heteroatoms. The first-order valence-corrected chi connectivity index (χ1v) is 7.58. The van der Waals surface area contributed by atoms with Crippen LogP contribution in [0.2, 0.25) is 0 Å². The minimum absolute atomic E-state index is 0.180. The van der Waals surface area contributed by atoms with Crippen molar-refractivity contribution in [3.63, 3.8) is 0 Å². The molecule has 0 heterocycles. The van der Waals surface area contributed by atoms with Crippen LogP contribution in [0.5, 0.6) is 0 Å². The van der Waals surface area contributed by atoms with Crippen LogP contribution < -0.4 is 10.6 Å². The van der Waals surface area contributed by atoms with E-state index in [0.29, 0.717) is 35.2 Å². The molecule has 118 valence electrons. The van der Waals surface area contributed by atoms with Crippen molar-refractivity contribution in [2.24, 2.45) is 0 Å². The van der Waals surface area contributed by atoms with Crippen LogP contribution in [0, 0.1) is 0 Å². The minimum atomic E-state index is -2.56. The number of para-hydroxylation sites is 1. The van der Waals surface area contributed by atoms with Crippen LogP contribution in [0.1, 0.15) is 26.7 Å². The van der Waals surface area contributed by atoms with Gasteiger partial charge in [-0.3, -0.25) is 0 Å². The van der Waals surface area contributed by atoms with Crippen LogP contribution in [-0.2, 0) is 0 Å². The van der Waals surface area contributed by atoms with E-state index >= 15 is 0 Å². The molecule has 0 radical (unpaired) electrons. The Labute approximate surface area is 127 Å². The summed E-state index contributed by atoms with van der Waals surface area (Å²) >= 11 is 0.377. The number of aliphatic hydroxyl groups excluding tert-OH is 1. The zero-order valence-electron chi connectivity index (χ0n) is 12.0. The van der Waals surface area contributed by atoms with E-state index in [4.69, 9.17) is 0 Å². The van der Waals surface area contributed by atoms with Gasteiger partial charge < -0.3 is 15.7 Å². The fraction of sp³-hybridized carbons (Fsp3) is 0.500. The van der Waals surface area contributed by atoms with Crippen LogP contribution in [0.3, 0.4) is 0 Å². The van der Waals surface area contributed by atoms with Gasteiger partial charge in [0.05, 0.1) is 17.8 Å². The standard InChI is InChI=1S/C14H20F2N2O2S/c1-3-14(4-2,9-19)18-13(20)17-10-7-5-6-8-11(10)21-12(15)16/h5-8,12,19H,3-4,9H2,1-2H3,(H2,17,18,20). The number of carbonyl (C=O) groups is 1. The molecule has 0 aliphatic heterocycles. The largest absolute Gasteiger partial charge is 0.394 e. The molecule has 0 saturated heterocycles. The number of thioether (sulfide) groups is 1. The molecule has 0 aliphatic rings. The summed E-state index contributed by atoms with van der Waals surface area (Å²) < 4.78 is 24.9. The third-order valence-corrected chi connectivity index (χ3v) is 4.17. The first kappa shape index (κ1) is 17.7. The van der Waals surface area contributed by atoms with E-state index in [2.05, 4.69) is 10.6 Å². The van der Waals surface area contributed by atoms with Gasteiger partial charge in [-0.05, 0) is 25.0 Å². The van der Waals surface area contributed by atoms with Crippen LogP contribution >= 0.6 is 11.8 Å². The number of halogens is 2. The highest BCUT2D eigenvalue weighted by Gasteiger charge is 2.27. The maximum absolute atomic E-state index is 12.5. The Morgan fingerprint density at radius 2 is 1.95 bits per heavy atom. The highest BCUT2D eigenvalue weighted by Crippen LogP contribution is 2.31. The molecule has 0 atom stereocenters. The van der Waals surface area contributed by atoms with Gasteiger partial charge in [0.2, 0.25) is 0 Å². The van der Waals surface area contributed by atoms with E-state index in [1.807, 2.05) is 13.8 Å². The summed E-state index contributed by atoms with van der Waals surface area (Å²) in [6.45, 7) is 3.54. The number of amides is 2. The number of rotatable bonds is 7. The van der Waals surface area contributed by atoms with Crippen molar-refractivity contribution in [3.8, 4) is 0 Å². The second-order valence-electron chi connectivity index (χ2n) is 4.60. The molecule has 0 aliphatic carbocycles. The van der Waals surface area contributed by atoms with E-state index in [1.165, 1.54) is 6.07 Å². The predicted octanol–water partition coefficient (Wildman–Crippen LogP) is 3.67. The zero-order valence-corrected chi connectivity index (χ0v) is 12.8. The smallest absolute Gasteiger partial charge is 0.319 e. The van der Waals surface area contributed by atoms with E-state index < -0.39 is 17.3 Å². The van der Waals surface area contributed by atoms with Gasteiger partial charge in [-0.1, -0.05) is 37.7 Å². The molecular formula is C14H20F2N2O2S. The molecule has 0 aromatic heterocycles. The Hall–Kier alpha value is -1.34. The maximum Gasteiger partial charge on any atom is 0.319 e. The number of benzene rings is 1. The lowest BCUT2D eigenvalue weighted by molar-refractivity contribution is 0.155. The lowest BCUT2D eigenvalue weighted by Crippen LogP contribution is -2.52. The molecule has 0 saturated carbocycles. The highest BCUT2D eigenvalue weighted by molar-refractivity contribution is 7.99. The van der Waals surface area contributed by atoms with Crippen molar-refractivity contribution in [2.45, 2.75) is 42.9 Å². The Morgan fingerprint density at radius 3 is 2.48 bits per heavy atom. The van der Waals surface area contributed by atoms with Crippen molar-refractivity contribution in [3.05, 3.63) is 24.3 Å². The lowest BCUT2D eigenvalue weighted by Gasteiger charge is -2.30. The monoisotopic (exact) mass is 318 g/mol. The van der Waals surface area contributed by atoms with Crippen molar-refractivity contribution in [1.82, 2.24) is 5.32 Å². The molecule has 0 bridgehead atoms. The normalized spacial score (nSPS) is 11.5. The van der Waals surface area contributed by atoms with Crippen LogP contribution in [0.4, 0.5) is 19.3 Å². The molecule has 3 N–H and O–H groups in total. The summed E-state index contributed by atoms with van der Waals surface area (Å²) in [6, 6.07) is 5.84. The van der Waals surface area contributed by atoms with Gasteiger partial charge in [0, 0.05) is 4.90 Å². The number of hydrogen-bond acceptors (Lipinski definition) is 3. The summed E-state index contributed by atoms with van der Waals surface area (Å²) in [5, 5.41) is 14.7. The predicted molar refractivity (Wildman–Crippen MR) is 80.9 cm³/mol. The molecule has 1 aromatic carbocycles. The molecule has 0 unspecified atom stereocenters. The number of hydrogen-bond donors (Lipinski definition) is 3. The number of aliphatic hydroxyl groups is 1. The summed E-state index contributed by atoms with van der Waals surface area (Å²) in [7, 11) is 0. The van der Waals surface area contributed by atoms with E-state index in [0.717, 1.165) is 0 Å². The third kappa shape index (κ3) is 5.17. The van der Waals surface area contributed by atoms with Crippen LogP contribution in [-0.4, -0.2) is 29.0 Å². The average Bonchev–Trinajstić information content (AvgIpc) is 2.46. The molecule has 2 amide bonds. The number of anilines is 1. The van der Waals surface area contributed by atoms with Crippen molar-refractivity contribution in [2.75, 3.05) is 11.9 Å². The molecule has 1 rings (SSSR count). The maximum atomic E-state index is 12.5. The zero-order chi connectivity index (χ0) is 15.9. The number of alkyl halides is 2. The number of urea groups is 1. The Morgan fingerprint density at radius 1 is 1.33 bits per heavy atom. The first-order valence-electron chi connectivity index (χ1n) is 6.70.